The molecule has 1 N–H and O–H groups in total. The van der Waals surface area contributed by atoms with E-state index in [9.17, 15) is 0 Å². The fourth-order valence-corrected chi connectivity index (χ4v) is 3.55. The Morgan fingerprint density at radius 1 is 1.31 bits per heavy atom. The summed E-state index contributed by atoms with van der Waals surface area (Å²) in [6, 6.07) is 0.560. The lowest BCUT2D eigenvalue weighted by Gasteiger charge is -2.52. The van der Waals surface area contributed by atoms with Crippen molar-refractivity contribution >= 4 is 0 Å². The molecule has 2 fully saturated rings. The van der Waals surface area contributed by atoms with E-state index in [0.717, 1.165) is 13.2 Å². The summed E-state index contributed by atoms with van der Waals surface area (Å²) >= 11 is 0. The molecule has 94 valence electrons. The molecule has 0 aromatic carbocycles. The lowest BCUT2D eigenvalue weighted by molar-refractivity contribution is -0.0251. The molecule has 0 bridgehead atoms. The van der Waals surface area contributed by atoms with Crippen LogP contribution in [0.5, 0.6) is 0 Å². The minimum atomic E-state index is 0.439. The molecule has 1 aliphatic heterocycles. The highest BCUT2D eigenvalue weighted by molar-refractivity contribution is 4.99. The highest BCUT2D eigenvalue weighted by Crippen LogP contribution is 2.35. The van der Waals surface area contributed by atoms with Gasteiger partial charge in [0.05, 0.1) is 6.61 Å². The van der Waals surface area contributed by atoms with Gasteiger partial charge in [-0.3, -0.25) is 4.90 Å². The molecule has 1 aliphatic carbocycles. The zero-order valence-electron chi connectivity index (χ0n) is 10.8. The van der Waals surface area contributed by atoms with Crippen LogP contribution in [0.15, 0.2) is 0 Å². The van der Waals surface area contributed by atoms with Crippen molar-refractivity contribution in [1.82, 2.24) is 10.2 Å². The van der Waals surface area contributed by atoms with Crippen LogP contribution in [-0.4, -0.2) is 49.8 Å². The molecule has 1 saturated heterocycles. The number of nitrogens with one attached hydrogen (secondary N) is 1. The van der Waals surface area contributed by atoms with Crippen LogP contribution in [0.2, 0.25) is 0 Å². The van der Waals surface area contributed by atoms with Gasteiger partial charge in [-0.1, -0.05) is 19.3 Å². The topological polar surface area (TPSA) is 24.5 Å². The van der Waals surface area contributed by atoms with Gasteiger partial charge in [0, 0.05) is 38.3 Å². The number of rotatable bonds is 3. The minimum Gasteiger partial charge on any atom is -0.383 e. The molecular formula is C13H26N2O. The van der Waals surface area contributed by atoms with Crippen LogP contribution in [0.3, 0.4) is 0 Å². The van der Waals surface area contributed by atoms with Crippen LogP contribution in [0.25, 0.3) is 0 Å². The standard InChI is InChI=1S/C13H26N2O/c1-12(10-16-2)15-9-8-14-11-13(15)6-4-3-5-7-13/h12,14H,3-11H2,1-2H3. The van der Waals surface area contributed by atoms with E-state index in [1.54, 1.807) is 0 Å². The van der Waals surface area contributed by atoms with E-state index >= 15 is 0 Å². The molecule has 3 heteroatoms. The zero-order valence-corrected chi connectivity index (χ0v) is 10.8. The Kier molecular flexibility index (Phi) is 4.22. The summed E-state index contributed by atoms with van der Waals surface area (Å²) in [6.07, 6.45) is 6.96. The Hall–Kier alpha value is -0.120. The smallest absolute Gasteiger partial charge is 0.0615 e. The summed E-state index contributed by atoms with van der Waals surface area (Å²) in [4.78, 5) is 2.71. The first-order chi connectivity index (χ1) is 7.78. The molecule has 0 aromatic heterocycles. The van der Waals surface area contributed by atoms with Gasteiger partial charge in [-0.2, -0.15) is 0 Å². The van der Waals surface area contributed by atoms with E-state index in [1.165, 1.54) is 45.2 Å². The van der Waals surface area contributed by atoms with Gasteiger partial charge < -0.3 is 10.1 Å². The van der Waals surface area contributed by atoms with Crippen molar-refractivity contribution in [2.24, 2.45) is 0 Å². The Morgan fingerprint density at radius 2 is 2.06 bits per heavy atom. The normalized spacial score (nSPS) is 28.1. The minimum absolute atomic E-state index is 0.439. The molecule has 1 saturated carbocycles. The average molecular weight is 226 g/mol. The maximum Gasteiger partial charge on any atom is 0.0615 e. The summed E-state index contributed by atoms with van der Waals surface area (Å²) in [5.74, 6) is 0. The average Bonchev–Trinajstić information content (AvgIpc) is 2.31. The molecule has 2 rings (SSSR count). The van der Waals surface area contributed by atoms with Crippen molar-refractivity contribution in [2.75, 3.05) is 33.4 Å². The van der Waals surface area contributed by atoms with Gasteiger partial charge in [0.25, 0.3) is 0 Å². The van der Waals surface area contributed by atoms with Crippen LogP contribution in [0.4, 0.5) is 0 Å². The molecule has 0 amide bonds. The molecule has 16 heavy (non-hydrogen) atoms. The first kappa shape index (κ1) is 12.3. The Labute approximate surface area is 99.5 Å². The van der Waals surface area contributed by atoms with Crippen LogP contribution >= 0.6 is 0 Å². The van der Waals surface area contributed by atoms with Crippen molar-refractivity contribution in [3.63, 3.8) is 0 Å². The van der Waals surface area contributed by atoms with Gasteiger partial charge in [0.2, 0.25) is 0 Å². The van der Waals surface area contributed by atoms with E-state index in [1.807, 2.05) is 7.11 Å². The number of nitrogens with zero attached hydrogens (tertiary/aromatic N) is 1. The van der Waals surface area contributed by atoms with E-state index < -0.39 is 0 Å². The number of hydrogen-bond donors (Lipinski definition) is 1. The van der Waals surface area contributed by atoms with Gasteiger partial charge in [-0.25, -0.2) is 0 Å². The second-order valence-corrected chi connectivity index (χ2v) is 5.46. The number of piperazine rings is 1. The van der Waals surface area contributed by atoms with Gasteiger partial charge in [0.1, 0.15) is 0 Å². The lowest BCUT2D eigenvalue weighted by atomic mass is 9.78. The van der Waals surface area contributed by atoms with Crippen LogP contribution in [-0.2, 0) is 4.74 Å². The fraction of sp³-hybridized carbons (Fsp3) is 1.00. The molecule has 2 aliphatic rings. The van der Waals surface area contributed by atoms with Crippen LogP contribution in [0, 0.1) is 0 Å². The number of ether oxygens (including phenoxy) is 1. The van der Waals surface area contributed by atoms with Crippen LogP contribution < -0.4 is 5.32 Å². The third-order valence-electron chi connectivity index (χ3n) is 4.32. The Balaban J connectivity index is 2.06. The largest absolute Gasteiger partial charge is 0.383 e. The van der Waals surface area contributed by atoms with Crippen molar-refractivity contribution in [1.29, 1.82) is 0 Å². The zero-order chi connectivity index (χ0) is 11.4. The highest BCUT2D eigenvalue weighted by Gasteiger charge is 2.41. The maximum absolute atomic E-state index is 5.33. The van der Waals surface area contributed by atoms with Gasteiger partial charge >= 0.3 is 0 Å². The quantitative estimate of drug-likeness (QED) is 0.791. The van der Waals surface area contributed by atoms with Crippen LogP contribution in [0.1, 0.15) is 39.0 Å². The molecular weight excluding hydrogens is 200 g/mol. The predicted octanol–water partition coefficient (Wildman–Crippen LogP) is 1.63. The summed E-state index contributed by atoms with van der Waals surface area (Å²) < 4.78 is 5.33. The first-order valence-electron chi connectivity index (χ1n) is 6.75. The Morgan fingerprint density at radius 3 is 2.75 bits per heavy atom. The second-order valence-electron chi connectivity index (χ2n) is 5.46. The maximum atomic E-state index is 5.33. The van der Waals surface area contributed by atoms with Crippen molar-refractivity contribution < 1.29 is 4.74 Å². The van der Waals surface area contributed by atoms with E-state index in [0.29, 0.717) is 11.6 Å². The van der Waals surface area contributed by atoms with Gasteiger partial charge in [0.15, 0.2) is 0 Å². The molecule has 1 unspecified atom stereocenters. The Bertz CT molecular complexity index is 206. The summed E-state index contributed by atoms with van der Waals surface area (Å²) in [5.41, 5.74) is 0.439. The van der Waals surface area contributed by atoms with E-state index in [4.69, 9.17) is 4.74 Å². The van der Waals surface area contributed by atoms with Crippen molar-refractivity contribution in [2.45, 2.75) is 50.6 Å². The first-order valence-corrected chi connectivity index (χ1v) is 6.75. The fourth-order valence-electron chi connectivity index (χ4n) is 3.55. The monoisotopic (exact) mass is 226 g/mol. The summed E-state index contributed by atoms with van der Waals surface area (Å²) in [6.45, 7) is 6.67. The van der Waals surface area contributed by atoms with E-state index in [-0.39, 0.29) is 0 Å². The highest BCUT2D eigenvalue weighted by atomic mass is 16.5. The molecule has 1 spiro atoms. The van der Waals surface area contributed by atoms with Crippen molar-refractivity contribution in [3.05, 3.63) is 0 Å². The molecule has 0 aromatic rings. The van der Waals surface area contributed by atoms with Gasteiger partial charge in [-0.15, -0.1) is 0 Å². The second kappa shape index (κ2) is 5.48. The lowest BCUT2D eigenvalue weighted by Crippen LogP contribution is -2.64. The number of hydrogen-bond acceptors (Lipinski definition) is 3. The van der Waals surface area contributed by atoms with E-state index in [2.05, 4.69) is 17.1 Å². The summed E-state index contributed by atoms with van der Waals surface area (Å²) in [5, 5.41) is 3.59. The third-order valence-corrected chi connectivity index (χ3v) is 4.32. The van der Waals surface area contributed by atoms with Crippen molar-refractivity contribution in [3.8, 4) is 0 Å². The predicted molar refractivity (Wildman–Crippen MR) is 66.7 cm³/mol. The van der Waals surface area contributed by atoms with Gasteiger partial charge in [-0.05, 0) is 19.8 Å². The summed E-state index contributed by atoms with van der Waals surface area (Å²) in [7, 11) is 1.81. The molecule has 1 heterocycles. The molecule has 1 atom stereocenters. The number of methoxy groups -OCH3 is 1. The molecule has 0 radical (unpaired) electrons. The third kappa shape index (κ3) is 2.41. The SMILES string of the molecule is COCC(C)N1CCNCC12CCCCC2. The molecule has 3 nitrogen and oxygen atoms in total.